The number of nitrogens with zero attached hydrogens (tertiary/aromatic N) is 2. The fourth-order valence-corrected chi connectivity index (χ4v) is 4.91. The van der Waals surface area contributed by atoms with E-state index in [0.717, 1.165) is 41.8 Å². The Balaban J connectivity index is 1.69. The molecular formula is C24H25N3O2S. The van der Waals surface area contributed by atoms with Gasteiger partial charge in [-0.05, 0) is 56.4 Å². The van der Waals surface area contributed by atoms with E-state index in [1.165, 1.54) is 11.3 Å². The van der Waals surface area contributed by atoms with Gasteiger partial charge in [0.15, 0.2) is 0 Å². The number of aryl methyl sites for hydroxylation is 1. The van der Waals surface area contributed by atoms with Crippen molar-refractivity contribution in [1.82, 2.24) is 4.98 Å². The van der Waals surface area contributed by atoms with Gasteiger partial charge in [0.05, 0.1) is 17.9 Å². The van der Waals surface area contributed by atoms with E-state index in [4.69, 9.17) is 9.73 Å². The van der Waals surface area contributed by atoms with E-state index < -0.39 is 0 Å². The molecular weight excluding hydrogens is 394 g/mol. The Morgan fingerprint density at radius 1 is 1.20 bits per heavy atom. The summed E-state index contributed by atoms with van der Waals surface area (Å²) in [6.45, 7) is 2.48. The number of thiophene rings is 1. The van der Waals surface area contributed by atoms with E-state index in [-0.39, 0.29) is 5.91 Å². The van der Waals surface area contributed by atoms with Gasteiger partial charge in [0.1, 0.15) is 10.8 Å². The summed E-state index contributed by atoms with van der Waals surface area (Å²) in [6, 6.07) is 11.4. The molecule has 0 aliphatic heterocycles. The lowest BCUT2D eigenvalue weighted by Crippen LogP contribution is -2.14. The van der Waals surface area contributed by atoms with Crippen LogP contribution in [0.1, 0.15) is 52.5 Å². The molecule has 2 heterocycles. The van der Waals surface area contributed by atoms with Crippen molar-refractivity contribution in [3.8, 4) is 5.75 Å². The van der Waals surface area contributed by atoms with Gasteiger partial charge >= 0.3 is 0 Å². The summed E-state index contributed by atoms with van der Waals surface area (Å²) in [4.78, 5) is 23.5. The Morgan fingerprint density at radius 3 is 2.90 bits per heavy atom. The number of hydrogen-bond acceptors (Lipinski definition) is 5. The molecule has 1 amide bonds. The minimum absolute atomic E-state index is 0.125. The van der Waals surface area contributed by atoms with E-state index in [1.54, 1.807) is 29.9 Å². The van der Waals surface area contributed by atoms with Crippen LogP contribution in [0.4, 0.5) is 10.7 Å². The molecule has 30 heavy (non-hydrogen) atoms. The van der Waals surface area contributed by atoms with Crippen LogP contribution in [-0.2, 0) is 12.8 Å². The number of amides is 1. The van der Waals surface area contributed by atoms with Crippen LogP contribution in [0.3, 0.4) is 0 Å². The zero-order valence-electron chi connectivity index (χ0n) is 17.1. The van der Waals surface area contributed by atoms with Crippen LogP contribution in [-0.4, -0.2) is 23.7 Å². The van der Waals surface area contributed by atoms with Gasteiger partial charge in [0.25, 0.3) is 5.91 Å². The number of carbonyl (C=O) groups excluding carboxylic acids is 1. The first-order valence-corrected chi connectivity index (χ1v) is 11.2. The zero-order valence-corrected chi connectivity index (χ0v) is 17.9. The van der Waals surface area contributed by atoms with E-state index in [2.05, 4.69) is 10.3 Å². The van der Waals surface area contributed by atoms with Crippen molar-refractivity contribution in [3.05, 3.63) is 70.4 Å². The second-order valence-corrected chi connectivity index (χ2v) is 8.26. The summed E-state index contributed by atoms with van der Waals surface area (Å²) in [5, 5.41) is 3.82. The number of hydrogen-bond donors (Lipinski definition) is 1. The van der Waals surface area contributed by atoms with Crippen LogP contribution < -0.4 is 10.1 Å². The van der Waals surface area contributed by atoms with Crippen LogP contribution >= 0.6 is 11.3 Å². The quantitative estimate of drug-likeness (QED) is 0.405. The Bertz CT molecular complexity index is 1040. The first kappa shape index (κ1) is 20.3. The SMILES string of the molecule is CCOc1ccccc1NC(=O)c1c(/N=C/c2cccnc2)sc2c1CCCCC2. The average molecular weight is 420 g/mol. The van der Waals surface area contributed by atoms with Crippen molar-refractivity contribution < 1.29 is 9.53 Å². The van der Waals surface area contributed by atoms with Crippen molar-refractivity contribution in [2.45, 2.75) is 39.0 Å². The van der Waals surface area contributed by atoms with Crippen LogP contribution in [0, 0.1) is 0 Å². The Kier molecular flexibility index (Phi) is 6.54. The maximum atomic E-state index is 13.4. The molecule has 3 aromatic rings. The largest absolute Gasteiger partial charge is 0.492 e. The van der Waals surface area contributed by atoms with E-state index >= 15 is 0 Å². The first-order valence-electron chi connectivity index (χ1n) is 10.4. The smallest absolute Gasteiger partial charge is 0.259 e. The second kappa shape index (κ2) is 9.67. The molecule has 154 valence electrons. The van der Waals surface area contributed by atoms with Gasteiger partial charge in [-0.2, -0.15) is 0 Å². The number of carbonyl (C=O) groups is 1. The molecule has 0 radical (unpaired) electrons. The van der Waals surface area contributed by atoms with Crippen LogP contribution in [0.15, 0.2) is 53.8 Å². The Hall–Kier alpha value is -2.99. The predicted molar refractivity (Wildman–Crippen MR) is 123 cm³/mol. The molecule has 6 heteroatoms. The van der Waals surface area contributed by atoms with Gasteiger partial charge < -0.3 is 10.1 Å². The molecule has 0 saturated carbocycles. The average Bonchev–Trinajstić information content (AvgIpc) is 2.96. The van der Waals surface area contributed by atoms with Crippen molar-refractivity contribution in [1.29, 1.82) is 0 Å². The van der Waals surface area contributed by atoms with E-state index in [0.29, 0.717) is 23.6 Å². The number of rotatable bonds is 6. The molecule has 1 N–H and O–H groups in total. The molecule has 0 fully saturated rings. The van der Waals surface area contributed by atoms with Gasteiger partial charge in [0, 0.05) is 29.0 Å². The third-order valence-electron chi connectivity index (χ3n) is 5.08. The minimum Gasteiger partial charge on any atom is -0.492 e. The first-order chi connectivity index (χ1) is 14.8. The highest BCUT2D eigenvalue weighted by molar-refractivity contribution is 7.16. The Morgan fingerprint density at radius 2 is 2.07 bits per heavy atom. The van der Waals surface area contributed by atoms with E-state index in [9.17, 15) is 4.79 Å². The molecule has 0 atom stereocenters. The summed E-state index contributed by atoms with van der Waals surface area (Å²) in [6.07, 6.45) is 10.7. The number of fused-ring (bicyclic) bond motifs is 1. The molecule has 0 bridgehead atoms. The van der Waals surface area contributed by atoms with Gasteiger partial charge in [0.2, 0.25) is 0 Å². The fourth-order valence-electron chi connectivity index (χ4n) is 3.67. The lowest BCUT2D eigenvalue weighted by atomic mass is 10.0. The molecule has 5 nitrogen and oxygen atoms in total. The van der Waals surface area contributed by atoms with Crippen molar-refractivity contribution in [2.75, 3.05) is 11.9 Å². The fraction of sp³-hybridized carbons (Fsp3) is 0.292. The summed E-state index contributed by atoms with van der Waals surface area (Å²) in [5.74, 6) is 0.551. The summed E-state index contributed by atoms with van der Waals surface area (Å²) < 4.78 is 5.67. The molecule has 2 aromatic heterocycles. The minimum atomic E-state index is -0.125. The standard InChI is InChI=1S/C24H25N3O2S/c1-2-29-20-12-7-6-11-19(20)27-23(28)22-18-10-4-3-5-13-21(18)30-24(22)26-16-17-9-8-14-25-15-17/h6-9,11-12,14-16H,2-5,10,13H2,1H3,(H,27,28)/b26-16+. The molecule has 0 spiro atoms. The van der Waals surface area contributed by atoms with Crippen molar-refractivity contribution in [3.63, 3.8) is 0 Å². The molecule has 1 aromatic carbocycles. The number of ether oxygens (including phenoxy) is 1. The zero-order chi connectivity index (χ0) is 20.8. The maximum Gasteiger partial charge on any atom is 0.259 e. The third kappa shape index (κ3) is 4.60. The summed E-state index contributed by atoms with van der Waals surface area (Å²) >= 11 is 1.64. The number of nitrogens with one attached hydrogen (secondary N) is 1. The monoisotopic (exact) mass is 419 g/mol. The molecule has 1 aliphatic rings. The predicted octanol–water partition coefficient (Wildman–Crippen LogP) is 5.81. The van der Waals surface area contributed by atoms with Gasteiger partial charge in [-0.15, -0.1) is 11.3 Å². The van der Waals surface area contributed by atoms with Crippen molar-refractivity contribution >= 4 is 34.1 Å². The number of benzene rings is 1. The number of aromatic nitrogens is 1. The van der Waals surface area contributed by atoms with Gasteiger partial charge in [-0.25, -0.2) is 4.99 Å². The highest BCUT2D eigenvalue weighted by Gasteiger charge is 2.25. The lowest BCUT2D eigenvalue weighted by Gasteiger charge is -2.12. The summed E-state index contributed by atoms with van der Waals surface area (Å²) in [5.41, 5.74) is 3.44. The highest BCUT2D eigenvalue weighted by Crippen LogP contribution is 2.40. The summed E-state index contributed by atoms with van der Waals surface area (Å²) in [7, 11) is 0. The molecule has 4 rings (SSSR count). The third-order valence-corrected chi connectivity index (χ3v) is 6.28. The number of pyridine rings is 1. The van der Waals surface area contributed by atoms with Gasteiger partial charge in [-0.3, -0.25) is 9.78 Å². The molecule has 0 saturated heterocycles. The van der Waals surface area contributed by atoms with E-state index in [1.807, 2.05) is 43.3 Å². The second-order valence-electron chi connectivity index (χ2n) is 7.17. The Labute approximate surface area is 180 Å². The number of aliphatic imine (C=N–C) groups is 1. The molecule has 1 aliphatic carbocycles. The topological polar surface area (TPSA) is 63.6 Å². The number of para-hydroxylation sites is 2. The van der Waals surface area contributed by atoms with Crippen molar-refractivity contribution in [2.24, 2.45) is 4.99 Å². The molecule has 0 unspecified atom stereocenters. The van der Waals surface area contributed by atoms with Crippen LogP contribution in [0.25, 0.3) is 0 Å². The highest BCUT2D eigenvalue weighted by atomic mass is 32.1. The van der Waals surface area contributed by atoms with Crippen LogP contribution in [0.2, 0.25) is 0 Å². The normalized spacial score (nSPS) is 13.6. The van der Waals surface area contributed by atoms with Crippen LogP contribution in [0.5, 0.6) is 5.75 Å². The lowest BCUT2D eigenvalue weighted by molar-refractivity contribution is 0.102. The maximum absolute atomic E-state index is 13.4. The van der Waals surface area contributed by atoms with Gasteiger partial charge in [-0.1, -0.05) is 24.6 Å². The number of anilines is 1.